The zero-order valence-corrected chi connectivity index (χ0v) is 7.51. The highest BCUT2D eigenvalue weighted by Gasteiger charge is 2.22. The molecule has 0 spiro atoms. The minimum Gasteiger partial charge on any atom is -0.395 e. The van der Waals surface area contributed by atoms with E-state index in [1.54, 1.807) is 0 Å². The molecule has 0 aromatic heterocycles. The Kier molecular flexibility index (Phi) is 3.34. The third-order valence-electron chi connectivity index (χ3n) is 2.37. The van der Waals surface area contributed by atoms with Crippen molar-refractivity contribution in [1.82, 2.24) is 5.32 Å². The van der Waals surface area contributed by atoms with Crippen LogP contribution >= 0.6 is 0 Å². The van der Waals surface area contributed by atoms with Gasteiger partial charge in [0.2, 0.25) is 0 Å². The molecule has 0 amide bonds. The highest BCUT2D eigenvalue weighted by atomic mass is 16.3. The lowest BCUT2D eigenvalue weighted by atomic mass is 10.1. The largest absolute Gasteiger partial charge is 0.395 e. The summed E-state index contributed by atoms with van der Waals surface area (Å²) in [5.41, 5.74) is 0. The zero-order chi connectivity index (χ0) is 8.27. The van der Waals surface area contributed by atoms with Gasteiger partial charge >= 0.3 is 0 Å². The normalized spacial score (nSPS) is 20.7. The van der Waals surface area contributed by atoms with E-state index < -0.39 is 0 Å². The SMILES string of the molecule is CC(C)[C@@H](CO)NCC1CC1. The van der Waals surface area contributed by atoms with E-state index in [9.17, 15) is 0 Å². The number of rotatable bonds is 5. The van der Waals surface area contributed by atoms with Crippen LogP contribution < -0.4 is 5.32 Å². The molecule has 0 heterocycles. The molecule has 1 atom stereocenters. The van der Waals surface area contributed by atoms with Crippen molar-refractivity contribution in [2.75, 3.05) is 13.2 Å². The summed E-state index contributed by atoms with van der Waals surface area (Å²) in [6.45, 7) is 5.65. The Morgan fingerprint density at radius 1 is 1.45 bits per heavy atom. The van der Waals surface area contributed by atoms with Crippen molar-refractivity contribution < 1.29 is 5.11 Å². The van der Waals surface area contributed by atoms with Gasteiger partial charge in [-0.2, -0.15) is 0 Å². The Hall–Kier alpha value is -0.0800. The Bertz CT molecular complexity index is 110. The molecule has 2 nitrogen and oxygen atoms in total. The van der Waals surface area contributed by atoms with Gasteiger partial charge in [0.15, 0.2) is 0 Å². The van der Waals surface area contributed by atoms with Crippen molar-refractivity contribution in [1.29, 1.82) is 0 Å². The molecule has 1 aliphatic rings. The van der Waals surface area contributed by atoms with Crippen molar-refractivity contribution >= 4 is 0 Å². The predicted octanol–water partition coefficient (Wildman–Crippen LogP) is 1.00. The fourth-order valence-corrected chi connectivity index (χ4v) is 1.15. The molecular weight excluding hydrogens is 138 g/mol. The lowest BCUT2D eigenvalue weighted by molar-refractivity contribution is 0.210. The van der Waals surface area contributed by atoms with E-state index in [0.29, 0.717) is 12.0 Å². The van der Waals surface area contributed by atoms with Crippen molar-refractivity contribution in [3.8, 4) is 0 Å². The van der Waals surface area contributed by atoms with Crippen LogP contribution in [0.4, 0.5) is 0 Å². The topological polar surface area (TPSA) is 32.3 Å². The Labute approximate surface area is 69.0 Å². The first-order valence-electron chi connectivity index (χ1n) is 4.58. The first-order chi connectivity index (χ1) is 5.24. The van der Waals surface area contributed by atoms with Crippen LogP contribution in [0, 0.1) is 11.8 Å². The molecule has 0 aliphatic heterocycles. The molecule has 0 unspecified atom stereocenters. The quantitative estimate of drug-likeness (QED) is 0.624. The summed E-state index contributed by atoms with van der Waals surface area (Å²) >= 11 is 0. The van der Waals surface area contributed by atoms with Crippen molar-refractivity contribution in [3.63, 3.8) is 0 Å². The summed E-state index contributed by atoms with van der Waals surface area (Å²) in [7, 11) is 0. The van der Waals surface area contributed by atoms with Crippen LogP contribution in [0.1, 0.15) is 26.7 Å². The molecular formula is C9H19NO. The molecule has 11 heavy (non-hydrogen) atoms. The van der Waals surface area contributed by atoms with Crippen LogP contribution in [0.3, 0.4) is 0 Å². The number of nitrogens with one attached hydrogen (secondary N) is 1. The van der Waals surface area contributed by atoms with Gasteiger partial charge < -0.3 is 10.4 Å². The van der Waals surface area contributed by atoms with Crippen molar-refractivity contribution in [2.24, 2.45) is 11.8 Å². The average molecular weight is 157 g/mol. The van der Waals surface area contributed by atoms with Crippen LogP contribution in [-0.4, -0.2) is 24.3 Å². The first-order valence-corrected chi connectivity index (χ1v) is 4.58. The van der Waals surface area contributed by atoms with E-state index in [1.807, 2.05) is 0 Å². The second-order valence-electron chi connectivity index (χ2n) is 3.88. The van der Waals surface area contributed by atoms with Crippen LogP contribution in [0.25, 0.3) is 0 Å². The number of hydrogen-bond donors (Lipinski definition) is 2. The summed E-state index contributed by atoms with van der Waals surface area (Å²) in [6.07, 6.45) is 2.76. The zero-order valence-electron chi connectivity index (χ0n) is 7.51. The van der Waals surface area contributed by atoms with Gasteiger partial charge in [0.05, 0.1) is 6.61 Å². The van der Waals surface area contributed by atoms with Crippen LogP contribution in [-0.2, 0) is 0 Å². The second kappa shape index (κ2) is 4.07. The summed E-state index contributed by atoms with van der Waals surface area (Å²) in [4.78, 5) is 0. The molecule has 0 saturated heterocycles. The maximum atomic E-state index is 8.97. The first kappa shape index (κ1) is 9.01. The van der Waals surface area contributed by atoms with E-state index in [2.05, 4.69) is 19.2 Å². The molecule has 1 fully saturated rings. The highest BCUT2D eigenvalue weighted by Crippen LogP contribution is 2.27. The van der Waals surface area contributed by atoms with E-state index in [-0.39, 0.29) is 6.61 Å². The Balaban J connectivity index is 2.08. The molecule has 66 valence electrons. The van der Waals surface area contributed by atoms with Gasteiger partial charge in [0, 0.05) is 6.04 Å². The van der Waals surface area contributed by atoms with Crippen LogP contribution in [0.2, 0.25) is 0 Å². The fourth-order valence-electron chi connectivity index (χ4n) is 1.15. The van der Waals surface area contributed by atoms with Gasteiger partial charge in [-0.05, 0) is 31.2 Å². The molecule has 0 radical (unpaired) electrons. The minimum absolute atomic E-state index is 0.268. The summed E-state index contributed by atoms with van der Waals surface area (Å²) in [6, 6.07) is 0.301. The van der Waals surface area contributed by atoms with Crippen LogP contribution in [0.5, 0.6) is 0 Å². The number of aliphatic hydroxyl groups excluding tert-OH is 1. The fraction of sp³-hybridized carbons (Fsp3) is 1.00. The van der Waals surface area contributed by atoms with Gasteiger partial charge in [-0.25, -0.2) is 0 Å². The van der Waals surface area contributed by atoms with Gasteiger partial charge in [0.1, 0.15) is 0 Å². The summed E-state index contributed by atoms with van der Waals surface area (Å²) in [5, 5.41) is 12.3. The Morgan fingerprint density at radius 3 is 2.45 bits per heavy atom. The average Bonchev–Trinajstić information content (AvgIpc) is 2.72. The second-order valence-corrected chi connectivity index (χ2v) is 3.88. The van der Waals surface area contributed by atoms with E-state index in [1.165, 1.54) is 12.8 Å². The number of hydrogen-bond acceptors (Lipinski definition) is 2. The van der Waals surface area contributed by atoms with Crippen molar-refractivity contribution in [2.45, 2.75) is 32.7 Å². The molecule has 0 aromatic carbocycles. The summed E-state index contributed by atoms with van der Waals surface area (Å²) < 4.78 is 0. The summed E-state index contributed by atoms with van der Waals surface area (Å²) in [5.74, 6) is 1.45. The molecule has 1 rings (SSSR count). The van der Waals surface area contributed by atoms with E-state index in [0.717, 1.165) is 12.5 Å². The van der Waals surface area contributed by atoms with Gasteiger partial charge in [-0.3, -0.25) is 0 Å². The maximum Gasteiger partial charge on any atom is 0.0587 e. The molecule has 1 saturated carbocycles. The lowest BCUT2D eigenvalue weighted by Gasteiger charge is -2.19. The third-order valence-corrected chi connectivity index (χ3v) is 2.37. The molecule has 2 heteroatoms. The lowest BCUT2D eigenvalue weighted by Crippen LogP contribution is -2.38. The molecule has 0 bridgehead atoms. The monoisotopic (exact) mass is 157 g/mol. The van der Waals surface area contributed by atoms with E-state index in [4.69, 9.17) is 5.11 Å². The van der Waals surface area contributed by atoms with E-state index >= 15 is 0 Å². The predicted molar refractivity (Wildman–Crippen MR) is 46.4 cm³/mol. The Morgan fingerprint density at radius 2 is 2.09 bits per heavy atom. The van der Waals surface area contributed by atoms with Crippen LogP contribution in [0.15, 0.2) is 0 Å². The third kappa shape index (κ3) is 3.21. The smallest absolute Gasteiger partial charge is 0.0587 e. The van der Waals surface area contributed by atoms with Gasteiger partial charge in [-0.1, -0.05) is 13.8 Å². The molecule has 2 N–H and O–H groups in total. The van der Waals surface area contributed by atoms with Crippen molar-refractivity contribution in [3.05, 3.63) is 0 Å². The minimum atomic E-state index is 0.268. The highest BCUT2D eigenvalue weighted by molar-refractivity contribution is 4.78. The van der Waals surface area contributed by atoms with Gasteiger partial charge in [-0.15, -0.1) is 0 Å². The number of aliphatic hydroxyl groups is 1. The standard InChI is InChI=1S/C9H19NO/c1-7(2)9(6-11)10-5-8-3-4-8/h7-11H,3-6H2,1-2H3/t9-/m1/s1. The molecule has 0 aromatic rings. The van der Waals surface area contributed by atoms with Gasteiger partial charge in [0.25, 0.3) is 0 Å². The molecule has 1 aliphatic carbocycles. The maximum absolute atomic E-state index is 8.97.